The third-order valence-electron chi connectivity index (χ3n) is 4.46. The van der Waals surface area contributed by atoms with Crippen LogP contribution in [0.1, 0.15) is 16.1 Å². The van der Waals surface area contributed by atoms with E-state index in [1.54, 1.807) is 30.1 Å². The predicted octanol–water partition coefficient (Wildman–Crippen LogP) is 3.16. The summed E-state index contributed by atoms with van der Waals surface area (Å²) in [6.45, 7) is 1.59. The summed E-state index contributed by atoms with van der Waals surface area (Å²) in [4.78, 5) is 31.5. The number of rotatable bonds is 6. The van der Waals surface area contributed by atoms with Crippen molar-refractivity contribution >= 4 is 35.1 Å². The van der Waals surface area contributed by atoms with Crippen molar-refractivity contribution in [3.8, 4) is 0 Å². The molecule has 4 rings (SSSR count). The van der Waals surface area contributed by atoms with Crippen molar-refractivity contribution in [3.05, 3.63) is 72.3 Å². The maximum Gasteiger partial charge on any atom is 0.291 e. The molecule has 0 bridgehead atoms. The van der Waals surface area contributed by atoms with Crippen LogP contribution in [-0.4, -0.2) is 36.4 Å². The number of benzene rings is 1. The van der Waals surface area contributed by atoms with Gasteiger partial charge in [0.25, 0.3) is 5.91 Å². The van der Waals surface area contributed by atoms with E-state index in [0.29, 0.717) is 36.1 Å². The van der Waals surface area contributed by atoms with Gasteiger partial charge in [0.15, 0.2) is 5.76 Å². The van der Waals surface area contributed by atoms with Gasteiger partial charge in [-0.25, -0.2) is 4.98 Å². The number of hydrogen-bond donors (Lipinski definition) is 2. The van der Waals surface area contributed by atoms with Gasteiger partial charge >= 0.3 is 0 Å². The average molecular weight is 408 g/mol. The van der Waals surface area contributed by atoms with E-state index >= 15 is 0 Å². The van der Waals surface area contributed by atoms with Gasteiger partial charge in [-0.05, 0) is 30.3 Å². The number of amides is 2. The van der Waals surface area contributed by atoms with Crippen LogP contribution >= 0.6 is 11.8 Å². The molecule has 8 heteroatoms. The molecule has 1 aliphatic rings. The molecule has 0 radical (unpaired) electrons. The van der Waals surface area contributed by atoms with E-state index in [0.717, 1.165) is 10.5 Å². The Hall–Kier alpha value is -3.26. The van der Waals surface area contributed by atoms with Crippen molar-refractivity contribution in [3.63, 3.8) is 0 Å². The van der Waals surface area contributed by atoms with Crippen LogP contribution in [0.2, 0.25) is 0 Å². The summed E-state index contributed by atoms with van der Waals surface area (Å²) in [6, 6.07) is 15.4. The van der Waals surface area contributed by atoms with Crippen LogP contribution < -0.4 is 15.5 Å². The smallest absolute Gasteiger partial charge is 0.291 e. The van der Waals surface area contributed by atoms with E-state index in [4.69, 9.17) is 4.42 Å². The molecule has 0 spiro atoms. The minimum absolute atomic E-state index is 0.0193. The molecule has 3 aromatic rings. The van der Waals surface area contributed by atoms with Crippen molar-refractivity contribution in [2.24, 2.45) is 0 Å². The normalized spacial score (nSPS) is 13.8. The largest absolute Gasteiger partial charge is 0.459 e. The summed E-state index contributed by atoms with van der Waals surface area (Å²) in [5.74, 6) is 1.30. The first-order valence-electron chi connectivity index (χ1n) is 9.22. The molecule has 2 N–H and O–H groups in total. The van der Waals surface area contributed by atoms with Gasteiger partial charge in [0.05, 0.1) is 24.7 Å². The molecule has 1 aromatic carbocycles. The van der Waals surface area contributed by atoms with Crippen LogP contribution in [0.5, 0.6) is 0 Å². The Morgan fingerprint density at radius 1 is 1.21 bits per heavy atom. The topological polar surface area (TPSA) is 87.5 Å². The van der Waals surface area contributed by atoms with Crippen LogP contribution in [0.15, 0.2) is 70.3 Å². The monoisotopic (exact) mass is 408 g/mol. The standard InChI is InChI=1S/C21H20N4O3S/c26-19-13-25(10-9-22-19)18-7-6-16(12-23-18)24-21(27)20-15(8-11-28-20)14-29-17-4-2-1-3-5-17/h1-8,11-12H,9-10,13-14H2,(H,22,26)(H,24,27). The van der Waals surface area contributed by atoms with E-state index in [2.05, 4.69) is 15.6 Å². The first-order valence-corrected chi connectivity index (χ1v) is 10.2. The third kappa shape index (κ3) is 4.78. The highest BCUT2D eigenvalue weighted by atomic mass is 32.2. The fraction of sp³-hybridized carbons (Fsp3) is 0.190. The second kappa shape index (κ2) is 8.83. The number of furan rings is 1. The van der Waals surface area contributed by atoms with Crippen LogP contribution in [-0.2, 0) is 10.5 Å². The summed E-state index contributed by atoms with van der Waals surface area (Å²) < 4.78 is 5.42. The molecule has 0 saturated carbocycles. The first kappa shape index (κ1) is 19.1. The highest BCUT2D eigenvalue weighted by Crippen LogP contribution is 2.25. The van der Waals surface area contributed by atoms with E-state index in [-0.39, 0.29) is 18.4 Å². The van der Waals surface area contributed by atoms with Crippen LogP contribution in [0, 0.1) is 0 Å². The minimum Gasteiger partial charge on any atom is -0.459 e. The predicted molar refractivity (Wildman–Crippen MR) is 112 cm³/mol. The Morgan fingerprint density at radius 2 is 2.07 bits per heavy atom. The van der Waals surface area contributed by atoms with Crippen molar-refractivity contribution in [1.29, 1.82) is 0 Å². The van der Waals surface area contributed by atoms with Gasteiger partial charge in [-0.3, -0.25) is 9.59 Å². The van der Waals surface area contributed by atoms with E-state index in [1.807, 2.05) is 41.3 Å². The number of anilines is 2. The Kier molecular flexibility index (Phi) is 5.81. The lowest BCUT2D eigenvalue weighted by atomic mass is 10.2. The van der Waals surface area contributed by atoms with E-state index in [1.165, 1.54) is 6.26 Å². The van der Waals surface area contributed by atoms with Gasteiger partial charge in [-0.1, -0.05) is 18.2 Å². The zero-order chi connectivity index (χ0) is 20.1. The Balaban J connectivity index is 1.38. The number of piperazine rings is 1. The lowest BCUT2D eigenvalue weighted by molar-refractivity contribution is -0.120. The summed E-state index contributed by atoms with van der Waals surface area (Å²) in [7, 11) is 0. The number of thioether (sulfide) groups is 1. The fourth-order valence-corrected chi connectivity index (χ4v) is 3.89. The molecule has 1 fully saturated rings. The fourth-order valence-electron chi connectivity index (χ4n) is 3.00. The number of carbonyl (C=O) groups excluding carboxylic acids is 2. The van der Waals surface area contributed by atoms with Crippen LogP contribution in [0.4, 0.5) is 11.5 Å². The Bertz CT molecular complexity index is 989. The SMILES string of the molecule is O=C1CN(c2ccc(NC(=O)c3occc3CSc3ccccc3)cn2)CCN1. The number of aromatic nitrogens is 1. The molecule has 7 nitrogen and oxygen atoms in total. The first-order chi connectivity index (χ1) is 14.2. The maximum atomic E-state index is 12.6. The summed E-state index contributed by atoms with van der Waals surface area (Å²) >= 11 is 1.64. The molecular formula is C21H20N4O3S. The molecule has 2 amide bonds. The van der Waals surface area contributed by atoms with Crippen molar-refractivity contribution in [1.82, 2.24) is 10.3 Å². The van der Waals surface area contributed by atoms with E-state index < -0.39 is 0 Å². The zero-order valence-corrected chi connectivity index (χ0v) is 16.4. The van der Waals surface area contributed by atoms with Gasteiger partial charge in [-0.2, -0.15) is 0 Å². The summed E-state index contributed by atoms with van der Waals surface area (Å²) in [6.07, 6.45) is 3.11. The lowest BCUT2D eigenvalue weighted by Gasteiger charge is -2.27. The lowest BCUT2D eigenvalue weighted by Crippen LogP contribution is -2.48. The Labute approximate surface area is 172 Å². The summed E-state index contributed by atoms with van der Waals surface area (Å²) in [5, 5.41) is 5.60. The summed E-state index contributed by atoms with van der Waals surface area (Å²) in [5.41, 5.74) is 1.40. The molecule has 29 heavy (non-hydrogen) atoms. The van der Waals surface area contributed by atoms with Crippen LogP contribution in [0.3, 0.4) is 0 Å². The van der Waals surface area contributed by atoms with Gasteiger partial charge in [0.1, 0.15) is 5.82 Å². The van der Waals surface area contributed by atoms with Gasteiger partial charge in [0.2, 0.25) is 5.91 Å². The molecule has 148 valence electrons. The number of nitrogens with one attached hydrogen (secondary N) is 2. The molecular weight excluding hydrogens is 388 g/mol. The van der Waals surface area contributed by atoms with E-state index in [9.17, 15) is 9.59 Å². The molecule has 3 heterocycles. The second-order valence-electron chi connectivity index (χ2n) is 6.51. The number of nitrogens with zero attached hydrogens (tertiary/aromatic N) is 2. The maximum absolute atomic E-state index is 12.6. The molecule has 0 unspecified atom stereocenters. The molecule has 1 aliphatic heterocycles. The highest BCUT2D eigenvalue weighted by Gasteiger charge is 2.18. The molecule has 0 atom stereocenters. The molecule has 2 aromatic heterocycles. The minimum atomic E-state index is -0.314. The number of carbonyl (C=O) groups is 2. The van der Waals surface area contributed by atoms with Crippen molar-refractivity contribution in [2.45, 2.75) is 10.6 Å². The van der Waals surface area contributed by atoms with Gasteiger partial charge < -0.3 is 20.0 Å². The molecule has 1 saturated heterocycles. The number of hydrogen-bond acceptors (Lipinski definition) is 6. The second-order valence-corrected chi connectivity index (χ2v) is 7.56. The third-order valence-corrected chi connectivity index (χ3v) is 5.52. The highest BCUT2D eigenvalue weighted by molar-refractivity contribution is 7.98. The molecule has 0 aliphatic carbocycles. The van der Waals surface area contributed by atoms with Crippen molar-refractivity contribution < 1.29 is 14.0 Å². The van der Waals surface area contributed by atoms with Crippen LogP contribution in [0.25, 0.3) is 0 Å². The zero-order valence-electron chi connectivity index (χ0n) is 15.6. The van der Waals surface area contributed by atoms with Crippen molar-refractivity contribution in [2.75, 3.05) is 29.9 Å². The van der Waals surface area contributed by atoms with Gasteiger partial charge in [0, 0.05) is 29.3 Å². The quantitative estimate of drug-likeness (QED) is 0.609. The Morgan fingerprint density at radius 3 is 2.83 bits per heavy atom. The number of pyridine rings is 1. The average Bonchev–Trinajstić information content (AvgIpc) is 3.22. The van der Waals surface area contributed by atoms with Gasteiger partial charge in [-0.15, -0.1) is 11.8 Å².